The molecule has 0 aliphatic carbocycles. The number of aromatic nitrogens is 1. The molecule has 96 valence electrons. The summed E-state index contributed by atoms with van der Waals surface area (Å²) in [4.78, 5) is 6.90. The first kappa shape index (κ1) is 13.2. The van der Waals surface area contributed by atoms with Gasteiger partial charge in [-0.2, -0.15) is 0 Å². The molecule has 2 aromatic heterocycles. The van der Waals surface area contributed by atoms with Gasteiger partial charge in [-0.3, -0.25) is 0 Å². The number of aryl methyl sites for hydroxylation is 1. The average Bonchev–Trinajstić information content (AvgIpc) is 2.68. The maximum Gasteiger partial charge on any atom is 0.149 e. The standard InChI is InChI=1S/C13H16ClN3S/c1-8(5-11-4-3-9(2)18-11)17-13-12(15)6-10(14)7-16-13/h3-4,6-8H,5,15H2,1-2H3,(H,16,17). The molecule has 1 atom stereocenters. The van der Waals surface area contributed by atoms with Crippen LogP contribution in [0.25, 0.3) is 0 Å². The van der Waals surface area contributed by atoms with Crippen molar-refractivity contribution in [1.29, 1.82) is 0 Å². The highest BCUT2D eigenvalue weighted by atomic mass is 35.5. The third-order valence-electron chi connectivity index (χ3n) is 2.57. The summed E-state index contributed by atoms with van der Waals surface area (Å²) < 4.78 is 0. The SMILES string of the molecule is Cc1ccc(CC(C)Nc2ncc(Cl)cc2N)s1. The van der Waals surface area contributed by atoms with Crippen molar-refractivity contribution < 1.29 is 0 Å². The second kappa shape index (κ2) is 5.59. The van der Waals surface area contributed by atoms with Crippen LogP contribution in [-0.2, 0) is 6.42 Å². The molecule has 0 saturated heterocycles. The largest absolute Gasteiger partial charge is 0.396 e. The van der Waals surface area contributed by atoms with Crippen molar-refractivity contribution in [2.75, 3.05) is 11.1 Å². The molecular weight excluding hydrogens is 266 g/mol. The van der Waals surface area contributed by atoms with Crippen LogP contribution in [0.2, 0.25) is 5.02 Å². The Bertz CT molecular complexity index is 539. The van der Waals surface area contributed by atoms with E-state index in [-0.39, 0.29) is 6.04 Å². The van der Waals surface area contributed by atoms with Gasteiger partial charge >= 0.3 is 0 Å². The molecule has 0 spiro atoms. The lowest BCUT2D eigenvalue weighted by atomic mass is 10.2. The zero-order valence-corrected chi connectivity index (χ0v) is 12.0. The summed E-state index contributed by atoms with van der Waals surface area (Å²) in [5.41, 5.74) is 6.44. The Balaban J connectivity index is 2.00. The highest BCUT2D eigenvalue weighted by molar-refractivity contribution is 7.11. The van der Waals surface area contributed by atoms with Gasteiger partial charge in [0.25, 0.3) is 0 Å². The van der Waals surface area contributed by atoms with Crippen molar-refractivity contribution in [3.63, 3.8) is 0 Å². The number of nitrogens with zero attached hydrogens (tertiary/aromatic N) is 1. The van der Waals surface area contributed by atoms with Crippen molar-refractivity contribution in [1.82, 2.24) is 4.98 Å². The van der Waals surface area contributed by atoms with Crippen molar-refractivity contribution >= 4 is 34.4 Å². The van der Waals surface area contributed by atoms with Crippen LogP contribution in [0.3, 0.4) is 0 Å². The fraction of sp³-hybridized carbons (Fsp3) is 0.308. The molecule has 0 aromatic carbocycles. The highest BCUT2D eigenvalue weighted by Crippen LogP contribution is 2.22. The number of hydrogen-bond donors (Lipinski definition) is 2. The Kier molecular flexibility index (Phi) is 4.09. The van der Waals surface area contributed by atoms with Crippen LogP contribution in [-0.4, -0.2) is 11.0 Å². The molecule has 2 rings (SSSR count). The number of thiophene rings is 1. The van der Waals surface area contributed by atoms with E-state index in [0.717, 1.165) is 6.42 Å². The number of hydrogen-bond acceptors (Lipinski definition) is 4. The molecule has 5 heteroatoms. The van der Waals surface area contributed by atoms with Gasteiger partial charge in [0, 0.05) is 28.4 Å². The number of nitrogen functional groups attached to an aromatic ring is 1. The Morgan fingerprint density at radius 3 is 2.89 bits per heavy atom. The van der Waals surface area contributed by atoms with Gasteiger partial charge in [-0.25, -0.2) is 4.98 Å². The topological polar surface area (TPSA) is 50.9 Å². The summed E-state index contributed by atoms with van der Waals surface area (Å²) in [6.07, 6.45) is 2.56. The number of anilines is 2. The fourth-order valence-electron chi connectivity index (χ4n) is 1.76. The van der Waals surface area contributed by atoms with E-state index >= 15 is 0 Å². The first-order chi connectivity index (χ1) is 8.54. The van der Waals surface area contributed by atoms with E-state index in [1.807, 2.05) is 11.3 Å². The van der Waals surface area contributed by atoms with E-state index < -0.39 is 0 Å². The van der Waals surface area contributed by atoms with Crippen LogP contribution in [0, 0.1) is 6.92 Å². The van der Waals surface area contributed by atoms with Crippen LogP contribution in [0.5, 0.6) is 0 Å². The van der Waals surface area contributed by atoms with E-state index in [0.29, 0.717) is 16.5 Å². The van der Waals surface area contributed by atoms with Crippen LogP contribution >= 0.6 is 22.9 Å². The van der Waals surface area contributed by atoms with Gasteiger partial charge in [-0.05, 0) is 32.0 Å². The van der Waals surface area contributed by atoms with Crippen LogP contribution in [0.4, 0.5) is 11.5 Å². The molecule has 1 unspecified atom stereocenters. The predicted molar refractivity (Wildman–Crippen MR) is 79.5 cm³/mol. The maximum atomic E-state index is 5.86. The lowest BCUT2D eigenvalue weighted by Gasteiger charge is -2.15. The molecule has 3 nitrogen and oxygen atoms in total. The van der Waals surface area contributed by atoms with Gasteiger partial charge < -0.3 is 11.1 Å². The van der Waals surface area contributed by atoms with Crippen LogP contribution < -0.4 is 11.1 Å². The summed E-state index contributed by atoms with van der Waals surface area (Å²) >= 11 is 7.64. The van der Waals surface area contributed by atoms with E-state index in [1.165, 1.54) is 9.75 Å². The van der Waals surface area contributed by atoms with Crippen LogP contribution in [0.15, 0.2) is 24.4 Å². The average molecular weight is 282 g/mol. The van der Waals surface area contributed by atoms with E-state index in [2.05, 4.69) is 36.3 Å². The Hall–Kier alpha value is -1.26. The number of rotatable bonds is 4. The van der Waals surface area contributed by atoms with Gasteiger partial charge in [-0.15, -0.1) is 11.3 Å². The summed E-state index contributed by atoms with van der Waals surface area (Å²) in [5, 5.41) is 3.86. The van der Waals surface area contributed by atoms with Gasteiger partial charge in [0.2, 0.25) is 0 Å². The lowest BCUT2D eigenvalue weighted by Crippen LogP contribution is -2.19. The number of nitrogens with one attached hydrogen (secondary N) is 1. The minimum atomic E-state index is 0.277. The first-order valence-electron chi connectivity index (χ1n) is 5.77. The minimum absolute atomic E-state index is 0.277. The van der Waals surface area contributed by atoms with Gasteiger partial charge in [-0.1, -0.05) is 11.6 Å². The normalized spacial score (nSPS) is 12.4. The second-order valence-electron chi connectivity index (χ2n) is 4.35. The summed E-state index contributed by atoms with van der Waals surface area (Å²) in [6, 6.07) is 6.29. The summed E-state index contributed by atoms with van der Waals surface area (Å²) in [6.45, 7) is 4.23. The van der Waals surface area contributed by atoms with Crippen molar-refractivity contribution in [2.45, 2.75) is 26.3 Å². The number of halogens is 1. The number of pyridine rings is 1. The molecule has 0 saturated carbocycles. The molecule has 0 amide bonds. The van der Waals surface area contributed by atoms with Crippen molar-refractivity contribution in [3.05, 3.63) is 39.2 Å². The first-order valence-corrected chi connectivity index (χ1v) is 6.97. The molecule has 3 N–H and O–H groups in total. The van der Waals surface area contributed by atoms with E-state index in [1.54, 1.807) is 12.3 Å². The Morgan fingerprint density at radius 1 is 1.50 bits per heavy atom. The highest BCUT2D eigenvalue weighted by Gasteiger charge is 2.08. The second-order valence-corrected chi connectivity index (χ2v) is 6.16. The maximum absolute atomic E-state index is 5.86. The van der Waals surface area contributed by atoms with Gasteiger partial charge in [0.15, 0.2) is 0 Å². The fourth-order valence-corrected chi connectivity index (χ4v) is 2.94. The zero-order chi connectivity index (χ0) is 13.1. The third kappa shape index (κ3) is 3.37. The van der Waals surface area contributed by atoms with E-state index in [4.69, 9.17) is 17.3 Å². The molecule has 18 heavy (non-hydrogen) atoms. The minimum Gasteiger partial charge on any atom is -0.396 e. The monoisotopic (exact) mass is 281 g/mol. The Labute approximate surface area is 116 Å². The van der Waals surface area contributed by atoms with Crippen molar-refractivity contribution in [3.8, 4) is 0 Å². The molecule has 0 fully saturated rings. The van der Waals surface area contributed by atoms with E-state index in [9.17, 15) is 0 Å². The molecule has 0 bridgehead atoms. The molecule has 0 aliphatic heterocycles. The predicted octanol–water partition coefficient (Wildman–Crippen LogP) is 3.73. The Morgan fingerprint density at radius 2 is 2.28 bits per heavy atom. The molecule has 2 heterocycles. The third-order valence-corrected chi connectivity index (χ3v) is 3.80. The number of nitrogens with two attached hydrogens (primary N) is 1. The summed E-state index contributed by atoms with van der Waals surface area (Å²) in [7, 11) is 0. The summed E-state index contributed by atoms with van der Waals surface area (Å²) in [5.74, 6) is 0.695. The van der Waals surface area contributed by atoms with Crippen LogP contribution in [0.1, 0.15) is 16.7 Å². The van der Waals surface area contributed by atoms with Gasteiger partial charge in [0.05, 0.1) is 10.7 Å². The molecular formula is C13H16ClN3S. The smallest absolute Gasteiger partial charge is 0.149 e. The van der Waals surface area contributed by atoms with Crippen molar-refractivity contribution in [2.24, 2.45) is 0 Å². The zero-order valence-electron chi connectivity index (χ0n) is 10.4. The lowest BCUT2D eigenvalue weighted by molar-refractivity contribution is 0.795. The molecule has 2 aromatic rings. The quantitative estimate of drug-likeness (QED) is 0.898. The molecule has 0 radical (unpaired) electrons. The molecule has 0 aliphatic rings. The van der Waals surface area contributed by atoms with Gasteiger partial charge in [0.1, 0.15) is 5.82 Å².